The standard InChI is InChI=1S/C27H30F2N2O2/c1-16-11-22(29)14-23-24(26(30-25(16)23)18-4-6-21(28)7-5-18)19-12-20(13-19)27(33)31-9-2-3-17(15-31)8-10-32/h4-7,11,14,17,19-20,30,32H,2-3,8-10,12-13,15H2,1H3/t17?,19-,20-. The number of halogens is 2. The molecule has 0 bridgehead atoms. The minimum Gasteiger partial charge on any atom is -0.396 e. The van der Waals surface area contributed by atoms with Crippen LogP contribution < -0.4 is 0 Å². The van der Waals surface area contributed by atoms with E-state index < -0.39 is 0 Å². The molecule has 1 unspecified atom stereocenters. The molecule has 5 rings (SSSR count). The number of aromatic amines is 1. The van der Waals surface area contributed by atoms with E-state index in [9.17, 15) is 18.7 Å². The molecule has 6 heteroatoms. The fraction of sp³-hybridized carbons (Fsp3) is 0.444. The summed E-state index contributed by atoms with van der Waals surface area (Å²) in [6, 6.07) is 9.44. The molecule has 2 heterocycles. The SMILES string of the molecule is Cc1cc(F)cc2c1[nH]c(-c1ccc(F)cc1)c2[C@H]1C[C@H](C(=O)N2CCCC(CCO)C2)C1. The van der Waals surface area contributed by atoms with Gasteiger partial charge in [0, 0.05) is 42.2 Å². The largest absolute Gasteiger partial charge is 0.396 e. The number of hydrogen-bond donors (Lipinski definition) is 2. The summed E-state index contributed by atoms with van der Waals surface area (Å²) >= 11 is 0. The van der Waals surface area contributed by atoms with Gasteiger partial charge in [-0.3, -0.25) is 4.79 Å². The maximum Gasteiger partial charge on any atom is 0.225 e. The number of aliphatic hydroxyl groups excluding tert-OH is 1. The Labute approximate surface area is 192 Å². The number of aryl methyl sites for hydroxylation is 1. The lowest BCUT2D eigenvalue weighted by Gasteiger charge is -2.41. The van der Waals surface area contributed by atoms with Crippen LogP contribution in [0, 0.1) is 30.4 Å². The molecule has 0 radical (unpaired) electrons. The van der Waals surface area contributed by atoms with E-state index in [-0.39, 0.29) is 36.0 Å². The smallest absolute Gasteiger partial charge is 0.225 e. The maximum absolute atomic E-state index is 14.3. The third-order valence-electron chi connectivity index (χ3n) is 7.51. The second kappa shape index (κ2) is 8.90. The van der Waals surface area contributed by atoms with Crippen LogP contribution in [0.15, 0.2) is 36.4 Å². The first-order chi connectivity index (χ1) is 15.9. The van der Waals surface area contributed by atoms with Crippen molar-refractivity contribution in [3.8, 4) is 11.3 Å². The fourth-order valence-electron chi connectivity index (χ4n) is 5.71. The topological polar surface area (TPSA) is 56.3 Å². The molecule has 4 nitrogen and oxygen atoms in total. The van der Waals surface area contributed by atoms with Gasteiger partial charge < -0.3 is 15.0 Å². The highest BCUT2D eigenvalue weighted by Crippen LogP contribution is 2.49. The zero-order valence-electron chi connectivity index (χ0n) is 18.9. The maximum atomic E-state index is 14.3. The van der Waals surface area contributed by atoms with Gasteiger partial charge in [-0.2, -0.15) is 0 Å². The summed E-state index contributed by atoms with van der Waals surface area (Å²) in [5.41, 5.74) is 4.49. The van der Waals surface area contributed by atoms with E-state index in [2.05, 4.69) is 4.98 Å². The minimum atomic E-state index is -0.297. The van der Waals surface area contributed by atoms with Crippen LogP contribution >= 0.6 is 0 Å². The number of piperidine rings is 1. The van der Waals surface area contributed by atoms with Crippen molar-refractivity contribution in [3.05, 3.63) is 59.2 Å². The number of carbonyl (C=O) groups excluding carboxylic acids is 1. The first kappa shape index (κ1) is 22.1. The van der Waals surface area contributed by atoms with Crippen LogP contribution in [-0.4, -0.2) is 40.6 Å². The molecule has 1 aliphatic heterocycles. The Morgan fingerprint density at radius 1 is 1.15 bits per heavy atom. The highest BCUT2D eigenvalue weighted by molar-refractivity contribution is 5.94. The molecule has 1 atom stereocenters. The number of amides is 1. The summed E-state index contributed by atoms with van der Waals surface area (Å²) < 4.78 is 27.9. The van der Waals surface area contributed by atoms with Crippen LogP contribution in [0.5, 0.6) is 0 Å². The minimum absolute atomic E-state index is 0.0245. The summed E-state index contributed by atoms with van der Waals surface area (Å²) in [5, 5.41) is 10.1. The predicted molar refractivity (Wildman–Crippen MR) is 125 cm³/mol. The molecule has 2 N–H and O–H groups in total. The van der Waals surface area contributed by atoms with Crippen molar-refractivity contribution in [2.24, 2.45) is 11.8 Å². The van der Waals surface area contributed by atoms with Crippen molar-refractivity contribution >= 4 is 16.8 Å². The molecular formula is C27H30F2N2O2. The van der Waals surface area contributed by atoms with Crippen molar-refractivity contribution in [3.63, 3.8) is 0 Å². The quantitative estimate of drug-likeness (QED) is 0.534. The van der Waals surface area contributed by atoms with Crippen LogP contribution in [-0.2, 0) is 4.79 Å². The van der Waals surface area contributed by atoms with E-state index in [4.69, 9.17) is 0 Å². The molecule has 0 spiro atoms. The van der Waals surface area contributed by atoms with Crippen LogP contribution in [0.1, 0.15) is 49.1 Å². The summed E-state index contributed by atoms with van der Waals surface area (Å²) in [6.07, 6.45) is 4.27. The Balaban J connectivity index is 1.42. The van der Waals surface area contributed by atoms with Gasteiger partial charge in [-0.05, 0) is 104 Å². The monoisotopic (exact) mass is 452 g/mol. The summed E-state index contributed by atoms with van der Waals surface area (Å²) in [6.45, 7) is 3.58. The highest BCUT2D eigenvalue weighted by Gasteiger charge is 2.40. The van der Waals surface area contributed by atoms with E-state index in [1.165, 1.54) is 18.2 Å². The number of nitrogens with one attached hydrogen (secondary N) is 1. The molecule has 1 amide bonds. The second-order valence-electron chi connectivity index (χ2n) is 9.74. The average molecular weight is 453 g/mol. The van der Waals surface area contributed by atoms with Gasteiger partial charge in [0.1, 0.15) is 11.6 Å². The number of hydrogen-bond acceptors (Lipinski definition) is 2. The number of benzene rings is 2. The van der Waals surface area contributed by atoms with Gasteiger partial charge in [0.15, 0.2) is 0 Å². The third kappa shape index (κ3) is 4.17. The lowest BCUT2D eigenvalue weighted by atomic mass is 9.69. The number of rotatable bonds is 5. The number of likely N-dealkylation sites (tertiary alicyclic amines) is 1. The predicted octanol–water partition coefficient (Wildman–Crippen LogP) is 5.54. The molecule has 1 aromatic heterocycles. The zero-order chi connectivity index (χ0) is 23.1. The van der Waals surface area contributed by atoms with Crippen molar-refractivity contribution in [1.82, 2.24) is 9.88 Å². The van der Waals surface area contributed by atoms with Gasteiger partial charge >= 0.3 is 0 Å². The van der Waals surface area contributed by atoms with Gasteiger partial charge in [-0.1, -0.05) is 0 Å². The zero-order valence-corrected chi connectivity index (χ0v) is 18.9. The van der Waals surface area contributed by atoms with E-state index in [1.807, 2.05) is 11.8 Å². The Morgan fingerprint density at radius 3 is 2.64 bits per heavy atom. The van der Waals surface area contributed by atoms with Gasteiger partial charge in [-0.15, -0.1) is 0 Å². The Hall–Kier alpha value is -2.73. The molecule has 2 fully saturated rings. The molecule has 3 aromatic rings. The first-order valence-electron chi connectivity index (χ1n) is 11.9. The van der Waals surface area contributed by atoms with Crippen molar-refractivity contribution in [2.75, 3.05) is 19.7 Å². The number of fused-ring (bicyclic) bond motifs is 1. The average Bonchev–Trinajstić information content (AvgIpc) is 3.13. The number of nitrogens with zero attached hydrogens (tertiary/aromatic N) is 1. The van der Waals surface area contributed by atoms with Gasteiger partial charge in [0.2, 0.25) is 5.91 Å². The van der Waals surface area contributed by atoms with Crippen LogP contribution in [0.3, 0.4) is 0 Å². The van der Waals surface area contributed by atoms with Crippen molar-refractivity contribution in [2.45, 2.75) is 44.9 Å². The summed E-state index contributed by atoms with van der Waals surface area (Å²) in [7, 11) is 0. The number of aliphatic hydroxyl groups is 1. The molecule has 33 heavy (non-hydrogen) atoms. The number of H-pyrrole nitrogens is 1. The lowest BCUT2D eigenvalue weighted by Crippen LogP contribution is -2.46. The molecule has 174 valence electrons. The van der Waals surface area contributed by atoms with Gasteiger partial charge in [0.25, 0.3) is 0 Å². The first-order valence-corrected chi connectivity index (χ1v) is 11.9. The van der Waals surface area contributed by atoms with E-state index in [1.54, 1.807) is 18.2 Å². The van der Waals surface area contributed by atoms with Crippen molar-refractivity contribution in [1.29, 1.82) is 0 Å². The normalized spacial score (nSPS) is 23.0. The van der Waals surface area contributed by atoms with Crippen LogP contribution in [0.2, 0.25) is 0 Å². The molecule has 1 saturated heterocycles. The lowest BCUT2D eigenvalue weighted by molar-refractivity contribution is -0.140. The van der Waals surface area contributed by atoms with E-state index >= 15 is 0 Å². The molecular weight excluding hydrogens is 422 g/mol. The van der Waals surface area contributed by atoms with E-state index in [0.717, 1.165) is 78.5 Å². The van der Waals surface area contributed by atoms with Gasteiger partial charge in [0.05, 0.1) is 0 Å². The Bertz CT molecular complexity index is 1160. The molecule has 2 aromatic carbocycles. The molecule has 2 aliphatic rings. The Kier molecular flexibility index (Phi) is 5.95. The highest BCUT2D eigenvalue weighted by atomic mass is 19.1. The number of carbonyl (C=O) groups is 1. The summed E-state index contributed by atoms with van der Waals surface area (Å²) in [4.78, 5) is 18.6. The van der Waals surface area contributed by atoms with Gasteiger partial charge in [-0.25, -0.2) is 8.78 Å². The summed E-state index contributed by atoms with van der Waals surface area (Å²) in [5.74, 6) is 0.137. The molecule has 1 aliphatic carbocycles. The second-order valence-corrected chi connectivity index (χ2v) is 9.74. The Morgan fingerprint density at radius 2 is 1.91 bits per heavy atom. The van der Waals surface area contributed by atoms with E-state index in [0.29, 0.717) is 5.92 Å². The molecule has 1 saturated carbocycles. The van der Waals surface area contributed by atoms with Crippen molar-refractivity contribution < 1.29 is 18.7 Å². The van der Waals surface area contributed by atoms with Crippen LogP contribution in [0.25, 0.3) is 22.2 Å². The fourth-order valence-corrected chi connectivity index (χ4v) is 5.71. The van der Waals surface area contributed by atoms with Crippen LogP contribution in [0.4, 0.5) is 8.78 Å². The third-order valence-corrected chi connectivity index (χ3v) is 7.51. The number of aromatic nitrogens is 1.